The first-order chi connectivity index (χ1) is 18.3. The third-order valence-electron chi connectivity index (χ3n) is 8.37. The van der Waals surface area contributed by atoms with Gasteiger partial charge in [0.05, 0.1) is 32.3 Å². The van der Waals surface area contributed by atoms with Gasteiger partial charge in [-0.2, -0.15) is 0 Å². The molecule has 0 aliphatic carbocycles. The number of carboxylic acids is 1. The Bertz CT molecular complexity index is 1180. The van der Waals surface area contributed by atoms with Gasteiger partial charge in [0.15, 0.2) is 11.5 Å². The number of methoxy groups -OCH3 is 1. The molecule has 8 nitrogen and oxygen atoms in total. The highest BCUT2D eigenvalue weighted by Gasteiger charge is 2.54. The van der Waals surface area contributed by atoms with Crippen molar-refractivity contribution in [3.63, 3.8) is 0 Å². The van der Waals surface area contributed by atoms with Crippen LogP contribution in [0.15, 0.2) is 42.5 Å². The van der Waals surface area contributed by atoms with E-state index in [1.807, 2.05) is 61.2 Å². The van der Waals surface area contributed by atoms with Crippen molar-refractivity contribution in [3.8, 4) is 17.2 Å². The molecule has 204 valence electrons. The first-order valence-corrected chi connectivity index (χ1v) is 13.5. The van der Waals surface area contributed by atoms with Gasteiger partial charge in [0.25, 0.3) is 0 Å². The highest BCUT2D eigenvalue weighted by Crippen LogP contribution is 2.56. The molecule has 1 amide bonds. The van der Waals surface area contributed by atoms with Gasteiger partial charge in [-0.1, -0.05) is 30.3 Å². The largest absolute Gasteiger partial charge is 0.496 e. The highest BCUT2D eigenvalue weighted by atomic mass is 16.5. The van der Waals surface area contributed by atoms with E-state index in [2.05, 4.69) is 0 Å². The molecule has 0 saturated carbocycles. The van der Waals surface area contributed by atoms with Crippen molar-refractivity contribution in [3.05, 3.63) is 53.6 Å². The summed E-state index contributed by atoms with van der Waals surface area (Å²) in [5, 5.41) is 9.47. The summed E-state index contributed by atoms with van der Waals surface area (Å²) in [5.41, 5.74) is 1.10. The van der Waals surface area contributed by atoms with Crippen molar-refractivity contribution in [1.29, 1.82) is 0 Å². The standard InChI is InChI=1S/C30H37NO7/c1-4-36-25-11-7-9-21-28-22(30(2,38-29(21)25)14-12-27(33)34)16-20-18-31(15-13-24(20)37-28)26(32)17-19-8-5-6-10-23(19)35-3/h5-11,20,22,24,28H,4,12-18H2,1-3H3,(H,33,34)/t20-,22-,24-,28+,30+/m1/s1. The number of carboxylic acid groups (broad SMARTS) is 1. The smallest absolute Gasteiger partial charge is 0.303 e. The first kappa shape index (κ1) is 26.4. The summed E-state index contributed by atoms with van der Waals surface area (Å²) in [7, 11) is 1.62. The second kappa shape index (κ2) is 10.8. The summed E-state index contributed by atoms with van der Waals surface area (Å²) in [6, 6.07) is 13.5. The van der Waals surface area contributed by atoms with Gasteiger partial charge in [-0.05, 0) is 45.2 Å². The number of fused-ring (bicyclic) bond motifs is 4. The number of carbonyl (C=O) groups is 2. The minimum atomic E-state index is -0.851. The molecular formula is C30H37NO7. The van der Waals surface area contributed by atoms with E-state index in [1.54, 1.807) is 7.11 Å². The minimum Gasteiger partial charge on any atom is -0.496 e. The second-order valence-electron chi connectivity index (χ2n) is 10.7. The van der Waals surface area contributed by atoms with Crippen LogP contribution in [0, 0.1) is 11.8 Å². The van der Waals surface area contributed by atoms with Crippen molar-refractivity contribution in [2.24, 2.45) is 11.8 Å². The Morgan fingerprint density at radius 3 is 2.71 bits per heavy atom. The molecule has 0 radical (unpaired) electrons. The van der Waals surface area contributed by atoms with E-state index < -0.39 is 11.6 Å². The lowest BCUT2D eigenvalue weighted by Gasteiger charge is -2.54. The van der Waals surface area contributed by atoms with E-state index in [-0.39, 0.29) is 36.4 Å². The van der Waals surface area contributed by atoms with Crippen LogP contribution >= 0.6 is 0 Å². The van der Waals surface area contributed by atoms with Gasteiger partial charge in [0.2, 0.25) is 5.91 Å². The molecule has 1 N–H and O–H groups in total. The predicted octanol–water partition coefficient (Wildman–Crippen LogP) is 4.65. The fraction of sp³-hybridized carbons (Fsp3) is 0.533. The van der Waals surface area contributed by atoms with E-state index in [0.29, 0.717) is 44.0 Å². The Hall–Kier alpha value is -3.26. The van der Waals surface area contributed by atoms with Gasteiger partial charge >= 0.3 is 5.97 Å². The summed E-state index contributed by atoms with van der Waals surface area (Å²) in [6.07, 6.45) is 2.03. The Kier molecular flexibility index (Phi) is 7.52. The Labute approximate surface area is 223 Å². The fourth-order valence-corrected chi connectivity index (χ4v) is 6.39. The monoisotopic (exact) mass is 523 g/mol. The van der Waals surface area contributed by atoms with Crippen LogP contribution in [0.3, 0.4) is 0 Å². The van der Waals surface area contributed by atoms with Gasteiger partial charge < -0.3 is 29.0 Å². The average molecular weight is 524 g/mol. The van der Waals surface area contributed by atoms with E-state index in [1.165, 1.54) is 0 Å². The van der Waals surface area contributed by atoms with E-state index in [4.69, 9.17) is 18.9 Å². The maximum absolute atomic E-state index is 13.3. The van der Waals surface area contributed by atoms with Crippen LogP contribution in [0.4, 0.5) is 0 Å². The van der Waals surface area contributed by atoms with Gasteiger partial charge in [-0.15, -0.1) is 0 Å². The molecule has 2 saturated heterocycles. The number of carbonyl (C=O) groups excluding carboxylic acids is 1. The number of hydrogen-bond donors (Lipinski definition) is 1. The van der Waals surface area contributed by atoms with Crippen LogP contribution in [0.5, 0.6) is 17.2 Å². The van der Waals surface area contributed by atoms with Crippen LogP contribution in [-0.2, 0) is 20.7 Å². The zero-order valence-electron chi connectivity index (χ0n) is 22.4. The number of amides is 1. The third-order valence-corrected chi connectivity index (χ3v) is 8.37. The molecule has 2 aromatic rings. The maximum Gasteiger partial charge on any atom is 0.303 e. The van der Waals surface area contributed by atoms with Gasteiger partial charge in [0, 0.05) is 42.5 Å². The van der Waals surface area contributed by atoms with Crippen LogP contribution in [-0.4, -0.2) is 60.4 Å². The van der Waals surface area contributed by atoms with Crippen LogP contribution < -0.4 is 14.2 Å². The Morgan fingerprint density at radius 1 is 1.16 bits per heavy atom. The van der Waals surface area contributed by atoms with Crippen molar-refractivity contribution in [2.75, 3.05) is 26.8 Å². The number of rotatable bonds is 8. The molecule has 2 fully saturated rings. The summed E-state index contributed by atoms with van der Waals surface area (Å²) >= 11 is 0. The summed E-state index contributed by atoms with van der Waals surface area (Å²) in [5.74, 6) is 1.37. The number of piperidine rings is 1. The van der Waals surface area contributed by atoms with Gasteiger partial charge in [0.1, 0.15) is 11.4 Å². The Balaban J connectivity index is 1.38. The fourth-order valence-electron chi connectivity index (χ4n) is 6.39. The lowest BCUT2D eigenvalue weighted by molar-refractivity contribution is -0.194. The van der Waals surface area contributed by atoms with Crippen LogP contribution in [0.1, 0.15) is 56.8 Å². The lowest BCUT2D eigenvalue weighted by Crippen LogP contribution is -2.57. The molecule has 3 aliphatic heterocycles. The van der Waals surface area contributed by atoms with Crippen molar-refractivity contribution in [2.45, 2.75) is 63.8 Å². The van der Waals surface area contributed by atoms with Gasteiger partial charge in [-0.3, -0.25) is 9.59 Å². The third kappa shape index (κ3) is 5.06. The lowest BCUT2D eigenvalue weighted by atomic mass is 9.68. The molecule has 38 heavy (non-hydrogen) atoms. The highest BCUT2D eigenvalue weighted by molar-refractivity contribution is 5.79. The van der Waals surface area contributed by atoms with Crippen molar-refractivity contribution in [1.82, 2.24) is 4.90 Å². The molecule has 3 heterocycles. The number of hydrogen-bond acceptors (Lipinski definition) is 6. The van der Waals surface area contributed by atoms with Gasteiger partial charge in [-0.25, -0.2) is 0 Å². The maximum atomic E-state index is 13.3. The zero-order chi connectivity index (χ0) is 26.9. The second-order valence-corrected chi connectivity index (χ2v) is 10.7. The molecular weight excluding hydrogens is 486 g/mol. The molecule has 0 aromatic heterocycles. The number of likely N-dealkylation sites (tertiary alicyclic amines) is 1. The molecule has 0 unspecified atom stereocenters. The molecule has 5 rings (SSSR count). The zero-order valence-corrected chi connectivity index (χ0v) is 22.4. The minimum absolute atomic E-state index is 0.00344. The van der Waals surface area contributed by atoms with E-state index in [9.17, 15) is 14.7 Å². The van der Waals surface area contributed by atoms with Crippen LogP contribution in [0.25, 0.3) is 0 Å². The average Bonchev–Trinajstić information content (AvgIpc) is 2.92. The summed E-state index contributed by atoms with van der Waals surface area (Å²) in [6.45, 7) is 5.69. The topological polar surface area (TPSA) is 94.5 Å². The number of benzene rings is 2. The normalized spacial score (nSPS) is 27.8. The van der Waals surface area contributed by atoms with Crippen LogP contribution in [0.2, 0.25) is 0 Å². The number of ether oxygens (including phenoxy) is 4. The van der Waals surface area contributed by atoms with E-state index in [0.717, 1.165) is 29.7 Å². The number of para-hydroxylation sites is 2. The Morgan fingerprint density at radius 2 is 1.95 bits per heavy atom. The molecule has 8 heteroatoms. The molecule has 0 spiro atoms. The SMILES string of the molecule is CCOc1cccc2c1O[C@@](C)(CCC(=O)O)[C@@H]1C[C@@H]3CN(C(=O)Cc4ccccc4OC)CC[C@H]3O[C@@H]21. The molecule has 2 aromatic carbocycles. The quantitative estimate of drug-likeness (QED) is 0.538. The predicted molar refractivity (Wildman–Crippen MR) is 141 cm³/mol. The molecule has 5 atom stereocenters. The van der Waals surface area contributed by atoms with Crippen molar-refractivity contribution >= 4 is 11.9 Å². The number of aliphatic carboxylic acids is 1. The first-order valence-electron chi connectivity index (χ1n) is 13.5. The number of nitrogens with zero attached hydrogens (tertiary/aromatic N) is 1. The molecule has 0 bridgehead atoms. The summed E-state index contributed by atoms with van der Waals surface area (Å²) < 4.78 is 24.7. The van der Waals surface area contributed by atoms with Crippen molar-refractivity contribution < 1.29 is 33.6 Å². The molecule has 3 aliphatic rings. The van der Waals surface area contributed by atoms with E-state index >= 15 is 0 Å². The summed E-state index contributed by atoms with van der Waals surface area (Å²) in [4.78, 5) is 26.8.